The minimum Gasteiger partial charge on any atom is -0.491 e. The van der Waals surface area contributed by atoms with E-state index < -0.39 is 0 Å². The summed E-state index contributed by atoms with van der Waals surface area (Å²) in [5.41, 5.74) is 1.86. The van der Waals surface area contributed by atoms with E-state index >= 15 is 0 Å². The van der Waals surface area contributed by atoms with Gasteiger partial charge in [0.15, 0.2) is 0 Å². The van der Waals surface area contributed by atoms with Crippen LogP contribution >= 0.6 is 0 Å². The van der Waals surface area contributed by atoms with Crippen molar-refractivity contribution in [1.29, 1.82) is 0 Å². The molecule has 156 valence electrons. The molecule has 0 saturated carbocycles. The third kappa shape index (κ3) is 5.83. The first-order valence-corrected chi connectivity index (χ1v) is 10.5. The highest BCUT2D eigenvalue weighted by molar-refractivity contribution is 5.77. The molecule has 1 aliphatic heterocycles. The van der Waals surface area contributed by atoms with E-state index in [0.717, 1.165) is 24.2 Å². The van der Waals surface area contributed by atoms with Crippen molar-refractivity contribution in [2.45, 2.75) is 70.6 Å². The molecule has 2 aromatic carbocycles. The van der Waals surface area contributed by atoms with E-state index in [9.17, 15) is 4.79 Å². The Morgan fingerprint density at radius 3 is 2.41 bits per heavy atom. The molecule has 2 aromatic rings. The molecule has 1 atom stereocenters. The van der Waals surface area contributed by atoms with Crippen molar-refractivity contribution in [3.05, 3.63) is 65.7 Å². The highest BCUT2D eigenvalue weighted by Gasteiger charge is 2.43. The molecule has 4 nitrogen and oxygen atoms in total. The number of hydrogen-bond donors (Lipinski definition) is 1. The van der Waals surface area contributed by atoms with Crippen LogP contribution in [0.1, 0.15) is 58.1 Å². The van der Waals surface area contributed by atoms with Crippen molar-refractivity contribution in [2.24, 2.45) is 0 Å². The number of carbonyl (C=O) groups is 1. The summed E-state index contributed by atoms with van der Waals surface area (Å²) in [6, 6.07) is 18.3. The maximum Gasteiger partial charge on any atom is 0.221 e. The van der Waals surface area contributed by atoms with E-state index in [2.05, 4.69) is 43.4 Å². The lowest BCUT2D eigenvalue weighted by molar-refractivity contribution is -0.126. The van der Waals surface area contributed by atoms with Gasteiger partial charge in [-0.1, -0.05) is 42.5 Å². The molecule has 1 aliphatic rings. The average Bonchev–Trinajstić information content (AvgIpc) is 2.67. The lowest BCUT2D eigenvalue weighted by Crippen LogP contribution is -2.46. The quantitative estimate of drug-likeness (QED) is 0.717. The first-order valence-electron chi connectivity index (χ1n) is 10.5. The van der Waals surface area contributed by atoms with Crippen molar-refractivity contribution < 1.29 is 14.3 Å². The van der Waals surface area contributed by atoms with Gasteiger partial charge in [0.25, 0.3) is 0 Å². The number of benzene rings is 2. The minimum absolute atomic E-state index is 0.0778. The SMILES string of the molecule is CC(C)Oc1ccc(CNC(=O)CC2(c3ccccc3)CCOC(C)(C)C2)cc1. The molecular formula is C25H33NO3. The smallest absolute Gasteiger partial charge is 0.221 e. The molecule has 1 fully saturated rings. The monoisotopic (exact) mass is 395 g/mol. The average molecular weight is 396 g/mol. The summed E-state index contributed by atoms with van der Waals surface area (Å²) in [6.07, 6.45) is 2.31. The van der Waals surface area contributed by atoms with Crippen molar-refractivity contribution in [1.82, 2.24) is 5.32 Å². The van der Waals surface area contributed by atoms with Crippen molar-refractivity contribution >= 4 is 5.91 Å². The molecule has 0 radical (unpaired) electrons. The van der Waals surface area contributed by atoms with Gasteiger partial charge in [0, 0.05) is 25.0 Å². The first-order chi connectivity index (χ1) is 13.8. The molecule has 1 amide bonds. The van der Waals surface area contributed by atoms with Crippen LogP contribution in [0, 0.1) is 0 Å². The number of ether oxygens (including phenoxy) is 2. The van der Waals surface area contributed by atoms with Crippen LogP contribution in [-0.4, -0.2) is 24.2 Å². The van der Waals surface area contributed by atoms with Gasteiger partial charge in [0.2, 0.25) is 5.91 Å². The van der Waals surface area contributed by atoms with E-state index in [1.54, 1.807) is 0 Å². The van der Waals surface area contributed by atoms with Gasteiger partial charge in [0.1, 0.15) is 5.75 Å². The molecule has 1 N–H and O–H groups in total. The lowest BCUT2D eigenvalue weighted by atomic mass is 9.67. The Morgan fingerprint density at radius 2 is 1.79 bits per heavy atom. The molecule has 0 spiro atoms. The van der Waals surface area contributed by atoms with Crippen LogP contribution in [0.3, 0.4) is 0 Å². The van der Waals surface area contributed by atoms with Crippen molar-refractivity contribution in [2.75, 3.05) is 6.61 Å². The Kier molecular flexibility index (Phi) is 6.63. The molecule has 1 saturated heterocycles. The number of amides is 1. The maximum atomic E-state index is 12.9. The van der Waals surface area contributed by atoms with Crippen LogP contribution in [0.5, 0.6) is 5.75 Å². The zero-order valence-corrected chi connectivity index (χ0v) is 18.0. The topological polar surface area (TPSA) is 47.6 Å². The van der Waals surface area contributed by atoms with Crippen molar-refractivity contribution in [3.63, 3.8) is 0 Å². The van der Waals surface area contributed by atoms with Crippen LogP contribution < -0.4 is 10.1 Å². The predicted molar refractivity (Wildman–Crippen MR) is 116 cm³/mol. The summed E-state index contributed by atoms with van der Waals surface area (Å²) >= 11 is 0. The largest absolute Gasteiger partial charge is 0.491 e. The fourth-order valence-electron chi connectivity index (χ4n) is 4.30. The van der Waals surface area contributed by atoms with Crippen LogP contribution in [0.25, 0.3) is 0 Å². The number of rotatable bonds is 7. The van der Waals surface area contributed by atoms with Gasteiger partial charge in [0.05, 0.1) is 11.7 Å². The Morgan fingerprint density at radius 1 is 1.10 bits per heavy atom. The van der Waals surface area contributed by atoms with Gasteiger partial charge >= 0.3 is 0 Å². The van der Waals surface area contributed by atoms with E-state index in [0.29, 0.717) is 19.6 Å². The number of hydrogen-bond acceptors (Lipinski definition) is 3. The minimum atomic E-state index is -0.235. The Hall–Kier alpha value is -2.33. The third-order valence-corrected chi connectivity index (χ3v) is 5.51. The molecule has 0 aliphatic carbocycles. The van der Waals surface area contributed by atoms with E-state index in [1.165, 1.54) is 5.56 Å². The normalized spacial score (nSPS) is 21.0. The van der Waals surface area contributed by atoms with Crippen molar-refractivity contribution in [3.8, 4) is 5.75 Å². The summed E-state index contributed by atoms with van der Waals surface area (Å²) in [6.45, 7) is 9.44. The third-order valence-electron chi connectivity index (χ3n) is 5.51. The zero-order chi connectivity index (χ0) is 20.9. The van der Waals surface area contributed by atoms with Gasteiger partial charge in [-0.15, -0.1) is 0 Å². The second kappa shape index (κ2) is 9.00. The Balaban J connectivity index is 1.66. The maximum absolute atomic E-state index is 12.9. The summed E-state index contributed by atoms with van der Waals surface area (Å²) in [7, 11) is 0. The predicted octanol–water partition coefficient (Wildman–Crippen LogP) is 5.01. The fourth-order valence-corrected chi connectivity index (χ4v) is 4.30. The molecule has 0 bridgehead atoms. The number of nitrogens with one attached hydrogen (secondary N) is 1. The zero-order valence-electron chi connectivity index (χ0n) is 18.0. The van der Waals surface area contributed by atoms with Gasteiger partial charge in [-0.25, -0.2) is 0 Å². The summed E-state index contributed by atoms with van der Waals surface area (Å²) in [5, 5.41) is 3.11. The fraction of sp³-hybridized carbons (Fsp3) is 0.480. The second-order valence-electron chi connectivity index (χ2n) is 8.95. The van der Waals surface area contributed by atoms with E-state index in [4.69, 9.17) is 9.47 Å². The highest BCUT2D eigenvalue weighted by atomic mass is 16.5. The molecule has 3 rings (SSSR count). The lowest BCUT2D eigenvalue weighted by Gasteiger charge is -2.45. The van der Waals surface area contributed by atoms with Crippen LogP contribution in [0.15, 0.2) is 54.6 Å². The van der Waals surface area contributed by atoms with Gasteiger partial charge < -0.3 is 14.8 Å². The summed E-state index contributed by atoms with van der Waals surface area (Å²) < 4.78 is 11.6. The first kappa shape index (κ1) is 21.4. The van der Waals surface area contributed by atoms with Crippen LogP contribution in [0.2, 0.25) is 0 Å². The summed E-state index contributed by atoms with van der Waals surface area (Å²) in [5.74, 6) is 0.927. The Labute approximate surface area is 174 Å². The van der Waals surface area contributed by atoms with Gasteiger partial charge in [-0.2, -0.15) is 0 Å². The molecular weight excluding hydrogens is 362 g/mol. The summed E-state index contributed by atoms with van der Waals surface area (Å²) in [4.78, 5) is 12.9. The molecule has 29 heavy (non-hydrogen) atoms. The molecule has 1 heterocycles. The highest BCUT2D eigenvalue weighted by Crippen LogP contribution is 2.43. The van der Waals surface area contributed by atoms with Gasteiger partial charge in [-0.3, -0.25) is 4.79 Å². The standard InChI is InChI=1S/C25H33NO3/c1-19(2)29-22-12-10-20(11-13-22)17-26-23(27)16-25(21-8-6-5-7-9-21)14-15-28-24(3,4)18-25/h5-13,19H,14-18H2,1-4H3,(H,26,27). The number of carbonyl (C=O) groups excluding carboxylic acids is 1. The molecule has 0 aromatic heterocycles. The molecule has 1 unspecified atom stereocenters. The van der Waals surface area contributed by atoms with Crippen LogP contribution in [0.4, 0.5) is 0 Å². The van der Waals surface area contributed by atoms with E-state index in [1.807, 2.05) is 44.2 Å². The van der Waals surface area contributed by atoms with Crippen LogP contribution in [-0.2, 0) is 21.5 Å². The molecule has 4 heteroatoms. The van der Waals surface area contributed by atoms with E-state index in [-0.39, 0.29) is 23.0 Å². The second-order valence-corrected chi connectivity index (χ2v) is 8.95. The van der Waals surface area contributed by atoms with Gasteiger partial charge in [-0.05, 0) is 63.8 Å². The Bertz CT molecular complexity index is 799.